The van der Waals surface area contributed by atoms with Crippen molar-refractivity contribution in [1.82, 2.24) is 0 Å². The maximum Gasteiger partial charge on any atom is 0.350 e. The second kappa shape index (κ2) is 6.55. The van der Waals surface area contributed by atoms with Gasteiger partial charge in [-0.2, -0.15) is 0 Å². The number of hydrogen-bond donors (Lipinski definition) is 0. The van der Waals surface area contributed by atoms with E-state index in [1.165, 1.54) is 25.2 Å². The van der Waals surface area contributed by atoms with Gasteiger partial charge < -0.3 is 9.47 Å². The van der Waals surface area contributed by atoms with Crippen molar-refractivity contribution < 1.29 is 23.9 Å². The van der Waals surface area contributed by atoms with Crippen LogP contribution in [0.3, 0.4) is 0 Å². The molecule has 2 saturated carbocycles. The zero-order valence-corrected chi connectivity index (χ0v) is 18.2. The van der Waals surface area contributed by atoms with Crippen LogP contribution in [0.1, 0.15) is 66.2 Å². The molecule has 0 N–H and O–H groups in total. The first kappa shape index (κ1) is 20.4. The van der Waals surface area contributed by atoms with E-state index < -0.39 is 23.0 Å². The van der Waals surface area contributed by atoms with E-state index in [0.29, 0.717) is 24.7 Å². The molecule has 0 unspecified atom stereocenters. The summed E-state index contributed by atoms with van der Waals surface area (Å²) in [5.41, 5.74) is 0.734. The molecule has 5 nitrogen and oxygen atoms in total. The highest BCUT2D eigenvalue weighted by molar-refractivity contribution is 5.92. The molecule has 4 rings (SSSR count). The molecule has 0 aromatic carbocycles. The number of allylic oxidation sites excluding steroid dienone is 4. The first-order valence-corrected chi connectivity index (χ1v) is 10.8. The Morgan fingerprint density at radius 3 is 2.45 bits per heavy atom. The van der Waals surface area contributed by atoms with Gasteiger partial charge in [0.15, 0.2) is 5.78 Å². The molecule has 0 heterocycles. The highest BCUT2D eigenvalue weighted by atomic mass is 16.6. The summed E-state index contributed by atoms with van der Waals surface area (Å²) in [7, 11) is 1.37. The molecule has 0 saturated heterocycles. The van der Waals surface area contributed by atoms with E-state index in [-0.39, 0.29) is 17.1 Å². The van der Waals surface area contributed by atoms with E-state index in [1.54, 1.807) is 0 Å². The number of carbonyl (C=O) groups is 3. The lowest BCUT2D eigenvalue weighted by atomic mass is 9.47. The molecule has 4 aliphatic rings. The van der Waals surface area contributed by atoms with Crippen LogP contribution >= 0.6 is 0 Å². The minimum absolute atomic E-state index is 0.00329. The fraction of sp³-hybridized carbons (Fsp3) is 0.708. The Labute approximate surface area is 172 Å². The number of esters is 2. The Morgan fingerprint density at radius 1 is 1.10 bits per heavy atom. The van der Waals surface area contributed by atoms with Crippen LogP contribution in [0.4, 0.5) is 0 Å². The number of rotatable bonds is 2. The van der Waals surface area contributed by atoms with Gasteiger partial charge in [0, 0.05) is 18.8 Å². The third-order valence-electron chi connectivity index (χ3n) is 8.78. The zero-order chi connectivity index (χ0) is 21.2. The molecular formula is C24H32O5. The SMILES string of the molecule is COC(=O)[C@@]1(OC(C)=O)CC[C@H]2[C@@H]3C=C(C)C4=CC(=O)CC[C@]4(C)[C@H]3CC[C@@]21C. The summed E-state index contributed by atoms with van der Waals surface area (Å²) >= 11 is 0. The third kappa shape index (κ3) is 2.62. The van der Waals surface area contributed by atoms with Crippen molar-refractivity contribution in [2.75, 3.05) is 7.11 Å². The van der Waals surface area contributed by atoms with E-state index in [1.807, 2.05) is 6.08 Å². The lowest BCUT2D eigenvalue weighted by molar-refractivity contribution is -0.200. The minimum atomic E-state index is -1.20. The fourth-order valence-corrected chi connectivity index (χ4v) is 7.37. The van der Waals surface area contributed by atoms with E-state index in [0.717, 1.165) is 25.7 Å². The molecule has 0 radical (unpaired) electrons. The summed E-state index contributed by atoms with van der Waals surface area (Å²) in [5.74, 6) is 0.358. The first-order valence-electron chi connectivity index (χ1n) is 10.8. The van der Waals surface area contributed by atoms with E-state index >= 15 is 0 Å². The maximum absolute atomic E-state index is 12.9. The minimum Gasteiger partial charge on any atom is -0.466 e. The average molecular weight is 401 g/mol. The van der Waals surface area contributed by atoms with Crippen LogP contribution in [0.25, 0.3) is 0 Å². The van der Waals surface area contributed by atoms with E-state index in [2.05, 4.69) is 26.8 Å². The van der Waals surface area contributed by atoms with Crippen LogP contribution in [0.2, 0.25) is 0 Å². The van der Waals surface area contributed by atoms with Gasteiger partial charge in [0.2, 0.25) is 5.60 Å². The summed E-state index contributed by atoms with van der Waals surface area (Å²) < 4.78 is 10.9. The van der Waals surface area contributed by atoms with Crippen molar-refractivity contribution in [3.05, 3.63) is 23.3 Å². The summed E-state index contributed by atoms with van der Waals surface area (Å²) in [6.45, 7) is 7.91. The van der Waals surface area contributed by atoms with Crippen LogP contribution in [0, 0.1) is 28.6 Å². The molecule has 0 spiro atoms. The molecule has 2 fully saturated rings. The lowest BCUT2D eigenvalue weighted by Crippen LogP contribution is -2.59. The second-order valence-corrected chi connectivity index (χ2v) is 9.99. The van der Waals surface area contributed by atoms with E-state index in [4.69, 9.17) is 9.47 Å². The molecule has 29 heavy (non-hydrogen) atoms. The third-order valence-corrected chi connectivity index (χ3v) is 8.78. The van der Waals surface area contributed by atoms with Crippen molar-refractivity contribution in [2.24, 2.45) is 28.6 Å². The number of hydrogen-bond acceptors (Lipinski definition) is 5. The van der Waals surface area contributed by atoms with Gasteiger partial charge >= 0.3 is 11.9 Å². The standard InChI is InChI=1S/C24H32O5/c1-14-12-17-18(22(3)9-6-16(26)13-20(14)22)7-10-23(4)19(17)8-11-24(23,21(27)28-5)29-15(2)25/h12-13,17-19H,6-11H2,1-5H3/t17-,18+,19+,22-,23+,24+/m1/s1. The molecular weight excluding hydrogens is 368 g/mol. The Balaban J connectivity index is 1.79. The van der Waals surface area contributed by atoms with Crippen LogP contribution in [0.5, 0.6) is 0 Å². The number of carbonyl (C=O) groups excluding carboxylic acids is 3. The molecule has 0 amide bonds. The normalized spacial score (nSPS) is 43.3. The van der Waals surface area contributed by atoms with Crippen molar-refractivity contribution >= 4 is 17.7 Å². The quantitative estimate of drug-likeness (QED) is 0.651. The Kier molecular flexibility index (Phi) is 4.60. The Bertz CT molecular complexity index is 838. The molecule has 158 valence electrons. The van der Waals surface area contributed by atoms with Crippen LogP contribution in [-0.2, 0) is 23.9 Å². The largest absolute Gasteiger partial charge is 0.466 e. The number of ketones is 1. The van der Waals surface area contributed by atoms with Gasteiger partial charge in [-0.15, -0.1) is 0 Å². The van der Waals surface area contributed by atoms with Gasteiger partial charge in [0.1, 0.15) is 0 Å². The molecule has 0 bridgehead atoms. The van der Waals surface area contributed by atoms with Crippen LogP contribution < -0.4 is 0 Å². The van der Waals surface area contributed by atoms with Gasteiger partial charge in [0.25, 0.3) is 0 Å². The molecule has 5 heteroatoms. The molecule has 0 aromatic heterocycles. The molecule has 0 aromatic rings. The Hall–Kier alpha value is -1.91. The first-order chi connectivity index (χ1) is 13.6. The van der Waals surface area contributed by atoms with Gasteiger partial charge in [-0.05, 0) is 73.8 Å². The fourth-order valence-electron chi connectivity index (χ4n) is 7.37. The Morgan fingerprint density at radius 2 is 1.79 bits per heavy atom. The second-order valence-electron chi connectivity index (χ2n) is 9.99. The molecule has 6 atom stereocenters. The van der Waals surface area contributed by atoms with Gasteiger partial charge in [-0.1, -0.05) is 25.5 Å². The van der Waals surface area contributed by atoms with Gasteiger partial charge in [-0.3, -0.25) is 9.59 Å². The predicted molar refractivity (Wildman–Crippen MR) is 108 cm³/mol. The lowest BCUT2D eigenvalue weighted by Gasteiger charge is -2.57. The van der Waals surface area contributed by atoms with Crippen LogP contribution in [-0.4, -0.2) is 30.4 Å². The summed E-state index contributed by atoms with van der Waals surface area (Å²) in [6.07, 6.45) is 8.80. The summed E-state index contributed by atoms with van der Waals surface area (Å²) in [6, 6.07) is 0. The average Bonchev–Trinajstić information content (AvgIpc) is 2.95. The van der Waals surface area contributed by atoms with Crippen molar-refractivity contribution in [1.29, 1.82) is 0 Å². The van der Waals surface area contributed by atoms with Crippen LogP contribution in [0.15, 0.2) is 23.3 Å². The highest BCUT2D eigenvalue weighted by Crippen LogP contribution is 2.67. The predicted octanol–water partition coefficient (Wildman–Crippen LogP) is 4.16. The van der Waals surface area contributed by atoms with Gasteiger partial charge in [-0.25, -0.2) is 4.79 Å². The van der Waals surface area contributed by atoms with E-state index in [9.17, 15) is 14.4 Å². The number of fused-ring (bicyclic) bond motifs is 5. The highest BCUT2D eigenvalue weighted by Gasteiger charge is 2.69. The zero-order valence-electron chi connectivity index (χ0n) is 18.2. The molecule has 4 aliphatic carbocycles. The molecule has 0 aliphatic heterocycles. The monoisotopic (exact) mass is 400 g/mol. The number of methoxy groups -OCH3 is 1. The van der Waals surface area contributed by atoms with Crippen molar-refractivity contribution in [3.8, 4) is 0 Å². The maximum atomic E-state index is 12.9. The summed E-state index contributed by atoms with van der Waals surface area (Å²) in [5, 5.41) is 0. The smallest absolute Gasteiger partial charge is 0.350 e. The van der Waals surface area contributed by atoms with Gasteiger partial charge in [0.05, 0.1) is 7.11 Å². The number of ether oxygens (including phenoxy) is 2. The van der Waals surface area contributed by atoms with Crippen molar-refractivity contribution in [2.45, 2.75) is 71.8 Å². The summed E-state index contributed by atoms with van der Waals surface area (Å²) in [4.78, 5) is 37.0. The van der Waals surface area contributed by atoms with Crippen molar-refractivity contribution in [3.63, 3.8) is 0 Å². The topological polar surface area (TPSA) is 69.7 Å².